The number of hydrogen-bond donors (Lipinski definition) is 1. The molecule has 2 atom stereocenters. The molecule has 0 amide bonds. The van der Waals surface area contributed by atoms with Gasteiger partial charge >= 0.3 is 0 Å². The van der Waals surface area contributed by atoms with Gasteiger partial charge in [-0.1, -0.05) is 18.2 Å². The molecular weight excluding hydrogens is 228 g/mol. The minimum atomic E-state index is 0.288. The SMILES string of the molecule is CN1CCOC(CNC2COc3ccccc32)C1. The van der Waals surface area contributed by atoms with Crippen LogP contribution in [-0.2, 0) is 4.74 Å². The smallest absolute Gasteiger partial charge is 0.124 e. The number of nitrogens with zero attached hydrogens (tertiary/aromatic N) is 1. The molecule has 1 fully saturated rings. The predicted molar refractivity (Wildman–Crippen MR) is 69.9 cm³/mol. The van der Waals surface area contributed by atoms with Crippen LogP contribution >= 0.6 is 0 Å². The molecule has 2 aliphatic rings. The Morgan fingerprint density at radius 3 is 3.17 bits per heavy atom. The number of ether oxygens (including phenoxy) is 2. The lowest BCUT2D eigenvalue weighted by Gasteiger charge is -2.30. The third kappa shape index (κ3) is 2.51. The second-order valence-electron chi connectivity index (χ2n) is 5.06. The highest BCUT2D eigenvalue weighted by Gasteiger charge is 2.25. The van der Waals surface area contributed by atoms with Crippen molar-refractivity contribution in [3.63, 3.8) is 0 Å². The number of rotatable bonds is 3. The Kier molecular flexibility index (Phi) is 3.50. The Morgan fingerprint density at radius 2 is 2.28 bits per heavy atom. The van der Waals surface area contributed by atoms with Gasteiger partial charge in [-0.15, -0.1) is 0 Å². The van der Waals surface area contributed by atoms with E-state index in [-0.39, 0.29) is 6.10 Å². The van der Waals surface area contributed by atoms with Crippen molar-refractivity contribution in [3.05, 3.63) is 29.8 Å². The average molecular weight is 248 g/mol. The number of fused-ring (bicyclic) bond motifs is 1. The van der Waals surface area contributed by atoms with Gasteiger partial charge in [0.2, 0.25) is 0 Å². The molecule has 1 aromatic rings. The van der Waals surface area contributed by atoms with Crippen LogP contribution in [0, 0.1) is 0 Å². The van der Waals surface area contributed by atoms with Crippen LogP contribution in [0.2, 0.25) is 0 Å². The topological polar surface area (TPSA) is 33.7 Å². The Morgan fingerprint density at radius 1 is 1.39 bits per heavy atom. The van der Waals surface area contributed by atoms with Crippen LogP contribution in [0.15, 0.2) is 24.3 Å². The van der Waals surface area contributed by atoms with E-state index >= 15 is 0 Å². The predicted octanol–water partition coefficient (Wildman–Crippen LogP) is 1.04. The summed E-state index contributed by atoms with van der Waals surface area (Å²) in [6.07, 6.45) is 0.288. The van der Waals surface area contributed by atoms with Crippen molar-refractivity contribution in [2.45, 2.75) is 12.1 Å². The summed E-state index contributed by atoms with van der Waals surface area (Å²) in [5.74, 6) is 1.01. The molecule has 0 aromatic heterocycles. The fourth-order valence-corrected chi connectivity index (χ4v) is 2.60. The lowest BCUT2D eigenvalue weighted by Crippen LogP contribution is -2.45. The number of nitrogens with one attached hydrogen (secondary N) is 1. The number of likely N-dealkylation sites (N-methyl/N-ethyl adjacent to an activating group) is 1. The van der Waals surface area contributed by atoms with Crippen LogP contribution in [0.1, 0.15) is 11.6 Å². The fraction of sp³-hybridized carbons (Fsp3) is 0.571. The van der Waals surface area contributed by atoms with Crippen molar-refractivity contribution < 1.29 is 9.47 Å². The van der Waals surface area contributed by atoms with E-state index in [9.17, 15) is 0 Å². The summed E-state index contributed by atoms with van der Waals surface area (Å²) in [7, 11) is 2.14. The third-order valence-corrected chi connectivity index (χ3v) is 3.63. The minimum Gasteiger partial charge on any atom is -0.491 e. The first-order valence-corrected chi connectivity index (χ1v) is 6.58. The molecule has 98 valence electrons. The van der Waals surface area contributed by atoms with Crippen molar-refractivity contribution in [1.29, 1.82) is 0 Å². The third-order valence-electron chi connectivity index (χ3n) is 3.63. The summed E-state index contributed by atoms with van der Waals surface area (Å²) in [4.78, 5) is 2.31. The van der Waals surface area contributed by atoms with Gasteiger partial charge in [0, 0.05) is 25.2 Å². The van der Waals surface area contributed by atoms with Gasteiger partial charge in [-0.3, -0.25) is 0 Å². The molecule has 0 spiro atoms. The maximum absolute atomic E-state index is 5.75. The highest BCUT2D eigenvalue weighted by Crippen LogP contribution is 2.31. The van der Waals surface area contributed by atoms with Gasteiger partial charge in [-0.25, -0.2) is 0 Å². The maximum Gasteiger partial charge on any atom is 0.124 e. The van der Waals surface area contributed by atoms with Crippen molar-refractivity contribution in [2.24, 2.45) is 0 Å². The van der Waals surface area contributed by atoms with Gasteiger partial charge in [0.1, 0.15) is 12.4 Å². The van der Waals surface area contributed by atoms with E-state index in [1.54, 1.807) is 0 Å². The molecule has 0 aliphatic carbocycles. The van der Waals surface area contributed by atoms with E-state index in [1.165, 1.54) is 5.56 Å². The molecule has 2 heterocycles. The van der Waals surface area contributed by atoms with Crippen molar-refractivity contribution in [3.8, 4) is 5.75 Å². The van der Waals surface area contributed by atoms with Crippen molar-refractivity contribution in [1.82, 2.24) is 10.2 Å². The molecule has 1 saturated heterocycles. The standard InChI is InChI=1S/C14H20N2O2/c1-16-6-7-17-11(9-16)8-15-13-10-18-14-5-3-2-4-12(13)14/h2-5,11,13,15H,6-10H2,1H3. The number of hydrogen-bond acceptors (Lipinski definition) is 4. The molecule has 3 rings (SSSR count). The molecule has 1 N–H and O–H groups in total. The van der Waals surface area contributed by atoms with Gasteiger partial charge < -0.3 is 19.7 Å². The van der Waals surface area contributed by atoms with E-state index < -0.39 is 0 Å². The highest BCUT2D eigenvalue weighted by atomic mass is 16.5. The first-order valence-electron chi connectivity index (χ1n) is 6.58. The Hall–Kier alpha value is -1.10. The summed E-state index contributed by atoms with van der Waals surface area (Å²) in [6, 6.07) is 8.54. The van der Waals surface area contributed by atoms with Gasteiger partial charge in [0.15, 0.2) is 0 Å². The van der Waals surface area contributed by atoms with Gasteiger partial charge in [-0.05, 0) is 13.1 Å². The minimum absolute atomic E-state index is 0.288. The summed E-state index contributed by atoms with van der Waals surface area (Å²) in [6.45, 7) is 4.48. The molecular formula is C14H20N2O2. The van der Waals surface area contributed by atoms with Crippen molar-refractivity contribution in [2.75, 3.05) is 39.9 Å². The largest absolute Gasteiger partial charge is 0.491 e. The molecule has 0 radical (unpaired) electrons. The van der Waals surface area contributed by atoms with Crippen LogP contribution < -0.4 is 10.1 Å². The monoisotopic (exact) mass is 248 g/mol. The van der Waals surface area contributed by atoms with Crippen molar-refractivity contribution >= 4 is 0 Å². The molecule has 18 heavy (non-hydrogen) atoms. The van der Waals surface area contributed by atoms with E-state index in [0.717, 1.165) is 38.6 Å². The highest BCUT2D eigenvalue weighted by molar-refractivity contribution is 5.39. The zero-order chi connectivity index (χ0) is 12.4. The number of morpholine rings is 1. The second-order valence-corrected chi connectivity index (χ2v) is 5.06. The first kappa shape index (κ1) is 12.0. The Balaban J connectivity index is 1.55. The van der Waals surface area contributed by atoms with Gasteiger partial charge in [0.05, 0.1) is 18.8 Å². The summed E-state index contributed by atoms with van der Waals surface area (Å²) < 4.78 is 11.4. The Bertz CT molecular complexity index is 411. The lowest BCUT2D eigenvalue weighted by atomic mass is 10.1. The zero-order valence-corrected chi connectivity index (χ0v) is 10.8. The second kappa shape index (κ2) is 5.26. The average Bonchev–Trinajstić information content (AvgIpc) is 2.80. The molecule has 2 aliphatic heterocycles. The quantitative estimate of drug-likeness (QED) is 0.866. The summed E-state index contributed by atoms with van der Waals surface area (Å²) in [5, 5.41) is 3.55. The van der Waals surface area contributed by atoms with E-state index in [4.69, 9.17) is 9.47 Å². The maximum atomic E-state index is 5.75. The Labute approximate surface area is 108 Å². The molecule has 0 bridgehead atoms. The lowest BCUT2D eigenvalue weighted by molar-refractivity contribution is -0.0195. The molecule has 1 aromatic carbocycles. The number of para-hydroxylation sites is 1. The van der Waals surface area contributed by atoms with Crippen LogP contribution in [0.3, 0.4) is 0 Å². The summed E-state index contributed by atoms with van der Waals surface area (Å²) in [5.41, 5.74) is 1.27. The zero-order valence-electron chi connectivity index (χ0n) is 10.8. The van der Waals surface area contributed by atoms with Gasteiger partial charge in [-0.2, -0.15) is 0 Å². The molecule has 4 nitrogen and oxygen atoms in total. The van der Waals surface area contributed by atoms with Crippen LogP contribution in [0.5, 0.6) is 5.75 Å². The van der Waals surface area contributed by atoms with Crippen LogP contribution in [0.25, 0.3) is 0 Å². The van der Waals surface area contributed by atoms with Gasteiger partial charge in [0.25, 0.3) is 0 Å². The van der Waals surface area contributed by atoms with E-state index in [0.29, 0.717) is 6.04 Å². The molecule has 2 unspecified atom stereocenters. The fourth-order valence-electron chi connectivity index (χ4n) is 2.60. The number of benzene rings is 1. The molecule has 0 saturated carbocycles. The normalized spacial score (nSPS) is 27.8. The first-order chi connectivity index (χ1) is 8.83. The van der Waals surface area contributed by atoms with Crippen LogP contribution in [0.4, 0.5) is 0 Å². The van der Waals surface area contributed by atoms with E-state index in [2.05, 4.69) is 29.4 Å². The van der Waals surface area contributed by atoms with E-state index in [1.807, 2.05) is 12.1 Å². The van der Waals surface area contributed by atoms with Crippen LogP contribution in [-0.4, -0.2) is 50.9 Å². The molecule has 4 heteroatoms. The summed E-state index contributed by atoms with van der Waals surface area (Å²) >= 11 is 0.